The Morgan fingerprint density at radius 3 is 2.17 bits per heavy atom. The third-order valence-electron chi connectivity index (χ3n) is 4.84. The van der Waals surface area contributed by atoms with Gasteiger partial charge in [-0.1, -0.05) is 74.5 Å². The number of carbonyl (C=O) groups is 1. The van der Waals surface area contributed by atoms with Crippen LogP contribution in [-0.4, -0.2) is 11.0 Å². The predicted octanol–water partition coefficient (Wildman–Crippen LogP) is 6.31. The Morgan fingerprint density at radius 1 is 0.900 bits per heavy atom. The average Bonchev–Trinajstić information content (AvgIpc) is 2.73. The standard InChI is InChI=1S/C24H22F3NO2/c1-15(2)22(29)18-11-6-7-14-20(18)28-23(30)21-17(16-9-4-3-5-10-16)12-8-13-19(21)24(25,26)27/h3-15,22,29H,1-2H3,(H,28,30). The maximum atomic E-state index is 13.7. The zero-order chi connectivity index (χ0) is 21.9. The number of benzene rings is 3. The lowest BCUT2D eigenvalue weighted by Gasteiger charge is -2.21. The van der Waals surface area contributed by atoms with Gasteiger partial charge >= 0.3 is 6.18 Å². The molecule has 0 aromatic heterocycles. The molecule has 3 rings (SSSR count). The van der Waals surface area contributed by atoms with Crippen LogP contribution in [-0.2, 0) is 6.18 Å². The summed E-state index contributed by atoms with van der Waals surface area (Å²) >= 11 is 0. The molecule has 0 saturated carbocycles. The number of rotatable bonds is 5. The maximum Gasteiger partial charge on any atom is 0.417 e. The molecule has 0 saturated heterocycles. The summed E-state index contributed by atoms with van der Waals surface area (Å²) in [7, 11) is 0. The summed E-state index contributed by atoms with van der Waals surface area (Å²) in [6, 6.07) is 18.7. The number of alkyl halides is 3. The minimum Gasteiger partial charge on any atom is -0.388 e. The van der Waals surface area contributed by atoms with Gasteiger partial charge in [0.1, 0.15) is 0 Å². The normalized spacial score (nSPS) is 12.6. The van der Waals surface area contributed by atoms with Crippen LogP contribution in [0.4, 0.5) is 18.9 Å². The molecule has 1 amide bonds. The van der Waals surface area contributed by atoms with Crippen LogP contribution in [0, 0.1) is 5.92 Å². The lowest BCUT2D eigenvalue weighted by molar-refractivity contribution is -0.137. The Balaban J connectivity index is 2.11. The highest BCUT2D eigenvalue weighted by molar-refractivity contribution is 6.10. The SMILES string of the molecule is CC(C)C(O)c1ccccc1NC(=O)c1c(-c2ccccc2)cccc1C(F)(F)F. The van der Waals surface area contributed by atoms with Gasteiger partial charge in [0.15, 0.2) is 0 Å². The number of hydrogen-bond donors (Lipinski definition) is 2. The average molecular weight is 413 g/mol. The van der Waals surface area contributed by atoms with Crippen LogP contribution < -0.4 is 5.32 Å². The molecule has 0 heterocycles. The van der Waals surface area contributed by atoms with E-state index >= 15 is 0 Å². The molecule has 0 spiro atoms. The van der Waals surface area contributed by atoms with Crippen molar-refractivity contribution >= 4 is 11.6 Å². The van der Waals surface area contributed by atoms with E-state index in [4.69, 9.17) is 0 Å². The van der Waals surface area contributed by atoms with Crippen LogP contribution >= 0.6 is 0 Å². The number of aliphatic hydroxyl groups excluding tert-OH is 1. The molecule has 0 radical (unpaired) electrons. The molecule has 30 heavy (non-hydrogen) atoms. The highest BCUT2D eigenvalue weighted by Gasteiger charge is 2.36. The summed E-state index contributed by atoms with van der Waals surface area (Å²) < 4.78 is 41.2. The van der Waals surface area contributed by atoms with Gasteiger partial charge in [-0.15, -0.1) is 0 Å². The van der Waals surface area contributed by atoms with Gasteiger partial charge in [-0.2, -0.15) is 13.2 Å². The molecule has 6 heteroatoms. The van der Waals surface area contributed by atoms with Gasteiger partial charge in [0.2, 0.25) is 0 Å². The summed E-state index contributed by atoms with van der Waals surface area (Å²) in [6.07, 6.45) is -5.57. The number of hydrogen-bond acceptors (Lipinski definition) is 2. The van der Waals surface area contributed by atoms with Crippen LogP contribution in [0.15, 0.2) is 72.8 Å². The van der Waals surface area contributed by atoms with Gasteiger partial charge in [-0.05, 0) is 29.2 Å². The van der Waals surface area contributed by atoms with Gasteiger partial charge in [-0.25, -0.2) is 0 Å². The molecule has 1 atom stereocenters. The highest BCUT2D eigenvalue weighted by Crippen LogP contribution is 2.37. The number of para-hydroxylation sites is 1. The van der Waals surface area contributed by atoms with E-state index in [1.807, 2.05) is 13.8 Å². The lowest BCUT2D eigenvalue weighted by Crippen LogP contribution is -2.21. The monoisotopic (exact) mass is 413 g/mol. The van der Waals surface area contributed by atoms with Gasteiger partial charge in [0, 0.05) is 11.3 Å². The Hall–Kier alpha value is -3.12. The zero-order valence-corrected chi connectivity index (χ0v) is 16.6. The van der Waals surface area contributed by atoms with Crippen molar-refractivity contribution in [2.45, 2.75) is 26.1 Å². The van der Waals surface area contributed by atoms with Crippen molar-refractivity contribution in [2.24, 2.45) is 5.92 Å². The van der Waals surface area contributed by atoms with Crippen LogP contribution in [0.2, 0.25) is 0 Å². The molecule has 1 unspecified atom stereocenters. The highest BCUT2D eigenvalue weighted by atomic mass is 19.4. The molecule has 3 aromatic rings. The second kappa shape index (κ2) is 8.71. The molecular weight excluding hydrogens is 391 g/mol. The van der Waals surface area contributed by atoms with E-state index in [2.05, 4.69) is 5.32 Å². The van der Waals surface area contributed by atoms with Crippen molar-refractivity contribution in [1.29, 1.82) is 0 Å². The van der Waals surface area contributed by atoms with Crippen LogP contribution in [0.25, 0.3) is 11.1 Å². The van der Waals surface area contributed by atoms with Crippen molar-refractivity contribution in [2.75, 3.05) is 5.32 Å². The van der Waals surface area contributed by atoms with Crippen molar-refractivity contribution in [3.8, 4) is 11.1 Å². The van der Waals surface area contributed by atoms with Gasteiger partial charge < -0.3 is 10.4 Å². The smallest absolute Gasteiger partial charge is 0.388 e. The van der Waals surface area contributed by atoms with Crippen molar-refractivity contribution in [3.05, 3.63) is 89.5 Å². The van der Waals surface area contributed by atoms with E-state index in [1.165, 1.54) is 12.1 Å². The van der Waals surface area contributed by atoms with Crippen molar-refractivity contribution in [1.82, 2.24) is 0 Å². The molecule has 3 nitrogen and oxygen atoms in total. The minimum absolute atomic E-state index is 0.134. The lowest BCUT2D eigenvalue weighted by atomic mass is 9.93. The van der Waals surface area contributed by atoms with Crippen LogP contribution in [0.3, 0.4) is 0 Å². The molecule has 2 N–H and O–H groups in total. The molecule has 0 fully saturated rings. The Bertz CT molecular complexity index is 1030. The van der Waals surface area contributed by atoms with Gasteiger partial charge in [0.05, 0.1) is 17.2 Å². The number of nitrogens with one attached hydrogen (secondary N) is 1. The fraction of sp³-hybridized carbons (Fsp3) is 0.208. The third kappa shape index (κ3) is 4.54. The number of carbonyl (C=O) groups excluding carboxylic acids is 1. The second-order valence-electron chi connectivity index (χ2n) is 7.32. The molecule has 0 aliphatic heterocycles. The molecule has 156 valence electrons. The molecule has 3 aromatic carbocycles. The van der Waals surface area contributed by atoms with E-state index in [0.29, 0.717) is 11.1 Å². The first-order valence-corrected chi connectivity index (χ1v) is 9.54. The quantitative estimate of drug-likeness (QED) is 0.515. The first-order chi connectivity index (χ1) is 14.2. The largest absolute Gasteiger partial charge is 0.417 e. The number of amides is 1. The first kappa shape index (κ1) is 21.6. The number of aliphatic hydroxyl groups is 1. The van der Waals surface area contributed by atoms with Gasteiger partial charge in [-0.3, -0.25) is 4.79 Å². The Labute approximate surface area is 173 Å². The number of anilines is 1. The number of halogens is 3. The van der Waals surface area contributed by atoms with Crippen LogP contribution in [0.1, 0.15) is 41.4 Å². The molecular formula is C24H22F3NO2. The second-order valence-corrected chi connectivity index (χ2v) is 7.32. The first-order valence-electron chi connectivity index (χ1n) is 9.54. The minimum atomic E-state index is -4.70. The Morgan fingerprint density at radius 2 is 1.53 bits per heavy atom. The summed E-state index contributed by atoms with van der Waals surface area (Å²) in [5, 5.41) is 13.0. The fourth-order valence-corrected chi connectivity index (χ4v) is 3.30. The summed E-state index contributed by atoms with van der Waals surface area (Å²) in [6.45, 7) is 3.63. The van der Waals surface area contributed by atoms with E-state index in [-0.39, 0.29) is 17.2 Å². The summed E-state index contributed by atoms with van der Waals surface area (Å²) in [4.78, 5) is 13.1. The summed E-state index contributed by atoms with van der Waals surface area (Å²) in [5.41, 5.74) is -0.0476. The Kier molecular flexibility index (Phi) is 6.27. The van der Waals surface area contributed by atoms with Crippen molar-refractivity contribution in [3.63, 3.8) is 0 Å². The summed E-state index contributed by atoms with van der Waals surface area (Å²) in [5.74, 6) is -1.02. The third-order valence-corrected chi connectivity index (χ3v) is 4.84. The van der Waals surface area contributed by atoms with E-state index < -0.39 is 29.3 Å². The molecule has 0 aliphatic rings. The predicted molar refractivity (Wildman–Crippen MR) is 111 cm³/mol. The molecule has 0 aliphatic carbocycles. The van der Waals surface area contributed by atoms with Crippen LogP contribution in [0.5, 0.6) is 0 Å². The van der Waals surface area contributed by atoms with Crippen molar-refractivity contribution < 1.29 is 23.1 Å². The fourth-order valence-electron chi connectivity index (χ4n) is 3.30. The maximum absolute atomic E-state index is 13.7. The topological polar surface area (TPSA) is 49.3 Å². The van der Waals surface area contributed by atoms with E-state index in [9.17, 15) is 23.1 Å². The van der Waals surface area contributed by atoms with E-state index in [1.54, 1.807) is 54.6 Å². The van der Waals surface area contributed by atoms with Gasteiger partial charge in [0.25, 0.3) is 5.91 Å². The zero-order valence-electron chi connectivity index (χ0n) is 16.6. The molecule has 0 bridgehead atoms. The van der Waals surface area contributed by atoms with E-state index in [0.717, 1.165) is 6.07 Å².